The number of halogens is 1. The van der Waals surface area contributed by atoms with E-state index in [9.17, 15) is 5.11 Å². The van der Waals surface area contributed by atoms with Crippen molar-refractivity contribution in [3.63, 3.8) is 0 Å². The zero-order valence-corrected chi connectivity index (χ0v) is 11.3. The van der Waals surface area contributed by atoms with Crippen molar-refractivity contribution in [1.82, 2.24) is 0 Å². The van der Waals surface area contributed by atoms with Crippen molar-refractivity contribution >= 4 is 11.6 Å². The van der Waals surface area contributed by atoms with Crippen LogP contribution in [0.2, 0.25) is 5.02 Å². The predicted molar refractivity (Wildman–Crippen MR) is 71.2 cm³/mol. The Morgan fingerprint density at radius 1 is 1.56 bits per heavy atom. The molecule has 3 nitrogen and oxygen atoms in total. The summed E-state index contributed by atoms with van der Waals surface area (Å²) in [6.07, 6.45) is 3.66. The highest BCUT2D eigenvalue weighted by Crippen LogP contribution is 2.30. The minimum absolute atomic E-state index is 0.313. The van der Waals surface area contributed by atoms with E-state index in [1.807, 2.05) is 6.07 Å². The van der Waals surface area contributed by atoms with Crippen LogP contribution in [0.25, 0.3) is 0 Å². The van der Waals surface area contributed by atoms with Crippen LogP contribution in [0.5, 0.6) is 5.75 Å². The molecule has 1 heterocycles. The Morgan fingerprint density at radius 2 is 2.39 bits per heavy atom. The lowest BCUT2D eigenvalue weighted by Gasteiger charge is -2.15. The van der Waals surface area contributed by atoms with Gasteiger partial charge in [0.2, 0.25) is 0 Å². The highest BCUT2D eigenvalue weighted by molar-refractivity contribution is 6.32. The van der Waals surface area contributed by atoms with Crippen molar-refractivity contribution in [3.8, 4) is 5.75 Å². The number of rotatable bonds is 5. The van der Waals surface area contributed by atoms with Crippen molar-refractivity contribution in [3.05, 3.63) is 28.8 Å². The van der Waals surface area contributed by atoms with Gasteiger partial charge in [-0.2, -0.15) is 0 Å². The van der Waals surface area contributed by atoms with Gasteiger partial charge in [-0.1, -0.05) is 17.7 Å². The molecule has 0 saturated carbocycles. The minimum atomic E-state index is -0.488. The van der Waals surface area contributed by atoms with Crippen molar-refractivity contribution in [2.75, 3.05) is 13.7 Å². The van der Waals surface area contributed by atoms with Crippen LogP contribution in [0, 0.1) is 0 Å². The fourth-order valence-corrected chi connectivity index (χ4v) is 2.54. The SMILES string of the molecule is COc1ccc(C(O)CCC2CCCO2)cc1Cl. The lowest BCUT2D eigenvalue weighted by molar-refractivity contribution is 0.0812. The van der Waals surface area contributed by atoms with Gasteiger partial charge in [-0.05, 0) is 43.4 Å². The van der Waals surface area contributed by atoms with Crippen molar-refractivity contribution in [2.24, 2.45) is 0 Å². The summed E-state index contributed by atoms with van der Waals surface area (Å²) in [6.45, 7) is 0.856. The van der Waals surface area contributed by atoms with Gasteiger partial charge in [0.05, 0.1) is 24.3 Å². The van der Waals surface area contributed by atoms with E-state index in [-0.39, 0.29) is 0 Å². The van der Waals surface area contributed by atoms with Gasteiger partial charge in [0.1, 0.15) is 5.75 Å². The number of hydrogen-bond acceptors (Lipinski definition) is 3. The molecule has 4 heteroatoms. The van der Waals surface area contributed by atoms with Gasteiger partial charge in [-0.25, -0.2) is 0 Å². The minimum Gasteiger partial charge on any atom is -0.495 e. The average molecular weight is 271 g/mol. The number of ether oxygens (including phenoxy) is 2. The molecule has 0 amide bonds. The van der Waals surface area contributed by atoms with Gasteiger partial charge in [0.25, 0.3) is 0 Å². The molecule has 0 bridgehead atoms. The summed E-state index contributed by atoms with van der Waals surface area (Å²) in [5, 5.41) is 10.6. The quantitative estimate of drug-likeness (QED) is 0.892. The standard InChI is InChI=1S/C14H19ClO3/c1-17-14-7-4-10(9-12(14)15)13(16)6-5-11-3-2-8-18-11/h4,7,9,11,13,16H,2-3,5-6,8H2,1H3. The van der Waals surface area contributed by atoms with E-state index in [2.05, 4.69) is 0 Å². The molecule has 1 saturated heterocycles. The van der Waals surface area contributed by atoms with Crippen LogP contribution < -0.4 is 4.74 Å². The molecule has 1 aliphatic rings. The van der Waals surface area contributed by atoms with E-state index < -0.39 is 6.10 Å². The Hall–Kier alpha value is -0.770. The molecule has 18 heavy (non-hydrogen) atoms. The molecule has 1 aromatic carbocycles. The summed E-state index contributed by atoms with van der Waals surface area (Å²) in [5.41, 5.74) is 0.832. The number of hydrogen-bond donors (Lipinski definition) is 1. The molecule has 1 N–H and O–H groups in total. The molecule has 0 spiro atoms. The summed E-state index contributed by atoms with van der Waals surface area (Å²) in [5.74, 6) is 0.631. The number of methoxy groups -OCH3 is 1. The smallest absolute Gasteiger partial charge is 0.137 e. The van der Waals surface area contributed by atoms with E-state index in [1.54, 1.807) is 19.2 Å². The first kappa shape index (κ1) is 13.7. The van der Waals surface area contributed by atoms with Crippen LogP contribution in [0.4, 0.5) is 0 Å². The summed E-state index contributed by atoms with van der Waals surface area (Å²) >= 11 is 6.04. The van der Waals surface area contributed by atoms with Gasteiger partial charge >= 0.3 is 0 Å². The van der Waals surface area contributed by atoms with Crippen LogP contribution in [0.1, 0.15) is 37.4 Å². The van der Waals surface area contributed by atoms with Crippen LogP contribution in [-0.4, -0.2) is 24.9 Å². The fourth-order valence-electron chi connectivity index (χ4n) is 2.27. The third-order valence-corrected chi connectivity index (χ3v) is 3.64. The van der Waals surface area contributed by atoms with Crippen LogP contribution in [0.15, 0.2) is 18.2 Å². The van der Waals surface area contributed by atoms with E-state index in [0.29, 0.717) is 23.3 Å². The number of benzene rings is 1. The molecule has 0 aliphatic carbocycles. The second-order valence-corrected chi connectivity index (χ2v) is 5.03. The maximum atomic E-state index is 10.1. The third-order valence-electron chi connectivity index (χ3n) is 3.35. The second kappa shape index (κ2) is 6.41. The highest BCUT2D eigenvalue weighted by Gasteiger charge is 2.18. The maximum Gasteiger partial charge on any atom is 0.137 e. The average Bonchev–Trinajstić information content (AvgIpc) is 2.89. The molecule has 0 aromatic heterocycles. The Bertz CT molecular complexity index is 389. The van der Waals surface area contributed by atoms with Crippen molar-refractivity contribution < 1.29 is 14.6 Å². The lowest BCUT2D eigenvalue weighted by atomic mass is 10.0. The Balaban J connectivity index is 1.91. The third kappa shape index (κ3) is 3.37. The normalized spacial score (nSPS) is 20.9. The monoisotopic (exact) mass is 270 g/mol. The summed E-state index contributed by atoms with van der Waals surface area (Å²) in [4.78, 5) is 0. The Kier molecular flexibility index (Phi) is 4.87. The zero-order valence-electron chi connectivity index (χ0n) is 10.6. The first-order valence-corrected chi connectivity index (χ1v) is 6.71. The second-order valence-electron chi connectivity index (χ2n) is 4.62. The van der Waals surface area contributed by atoms with Gasteiger partial charge in [-0.3, -0.25) is 0 Å². The molecule has 2 atom stereocenters. The fraction of sp³-hybridized carbons (Fsp3) is 0.571. The van der Waals surface area contributed by atoms with Crippen molar-refractivity contribution in [2.45, 2.75) is 37.9 Å². The molecule has 2 rings (SSSR count). The Labute approximate surface area is 113 Å². The largest absolute Gasteiger partial charge is 0.495 e. The molecule has 2 unspecified atom stereocenters. The van der Waals surface area contributed by atoms with E-state index in [0.717, 1.165) is 31.4 Å². The maximum absolute atomic E-state index is 10.1. The number of aliphatic hydroxyl groups is 1. The molecule has 100 valence electrons. The van der Waals surface area contributed by atoms with Crippen LogP contribution in [-0.2, 0) is 4.74 Å². The summed E-state index contributed by atoms with van der Waals surface area (Å²) in [6, 6.07) is 5.40. The molecular weight excluding hydrogens is 252 g/mol. The summed E-state index contributed by atoms with van der Waals surface area (Å²) < 4.78 is 10.6. The lowest BCUT2D eigenvalue weighted by Crippen LogP contribution is -2.08. The molecule has 0 radical (unpaired) electrons. The Morgan fingerprint density at radius 3 is 3.00 bits per heavy atom. The number of aliphatic hydroxyl groups excluding tert-OH is 1. The van der Waals surface area contributed by atoms with E-state index in [4.69, 9.17) is 21.1 Å². The van der Waals surface area contributed by atoms with E-state index in [1.165, 1.54) is 0 Å². The van der Waals surface area contributed by atoms with Crippen LogP contribution >= 0.6 is 11.6 Å². The first-order valence-electron chi connectivity index (χ1n) is 6.34. The molecular formula is C14H19ClO3. The zero-order chi connectivity index (χ0) is 13.0. The topological polar surface area (TPSA) is 38.7 Å². The molecule has 1 fully saturated rings. The molecule has 1 aliphatic heterocycles. The molecule has 1 aromatic rings. The highest BCUT2D eigenvalue weighted by atomic mass is 35.5. The summed E-state index contributed by atoms with van der Waals surface area (Å²) in [7, 11) is 1.58. The van der Waals surface area contributed by atoms with Gasteiger partial charge in [0, 0.05) is 6.61 Å². The van der Waals surface area contributed by atoms with E-state index >= 15 is 0 Å². The van der Waals surface area contributed by atoms with Crippen molar-refractivity contribution in [1.29, 1.82) is 0 Å². The predicted octanol–water partition coefficient (Wildman–Crippen LogP) is 3.34. The first-order chi connectivity index (χ1) is 8.70. The van der Waals surface area contributed by atoms with Gasteiger partial charge in [-0.15, -0.1) is 0 Å². The van der Waals surface area contributed by atoms with Gasteiger partial charge < -0.3 is 14.6 Å². The van der Waals surface area contributed by atoms with Gasteiger partial charge in [0.15, 0.2) is 0 Å². The van der Waals surface area contributed by atoms with Crippen LogP contribution in [0.3, 0.4) is 0 Å².